The average molecular weight is 373 g/mol. The Hall–Kier alpha value is -3.43. The number of anilines is 1. The minimum Gasteiger partial charge on any atom is -0.475 e. The molecule has 1 fully saturated rings. The molecule has 0 spiro atoms. The van der Waals surface area contributed by atoms with Gasteiger partial charge in [-0.3, -0.25) is 9.59 Å². The third-order valence-corrected chi connectivity index (χ3v) is 4.13. The molecule has 27 heavy (non-hydrogen) atoms. The second kappa shape index (κ2) is 8.30. The van der Waals surface area contributed by atoms with E-state index >= 15 is 0 Å². The minimum atomic E-state index is -1.25. The molecule has 1 saturated heterocycles. The fraction of sp³-hybridized carbons (Fsp3) is 0.353. The number of nitrogens with zero attached hydrogens (tertiary/aromatic N) is 4. The lowest BCUT2D eigenvalue weighted by Crippen LogP contribution is -2.49. The van der Waals surface area contributed by atoms with Crippen molar-refractivity contribution in [3.05, 3.63) is 42.1 Å². The third-order valence-electron chi connectivity index (χ3n) is 4.13. The van der Waals surface area contributed by atoms with Gasteiger partial charge in [0, 0.05) is 51.5 Å². The van der Waals surface area contributed by atoms with Crippen molar-refractivity contribution in [1.29, 1.82) is 0 Å². The summed E-state index contributed by atoms with van der Waals surface area (Å²) in [5, 5.41) is 11.3. The second-order valence-electron chi connectivity index (χ2n) is 5.89. The number of hydrogen-bond acceptors (Lipinski definition) is 7. The first-order chi connectivity index (χ1) is 13.0. The first kappa shape index (κ1) is 18.4. The van der Waals surface area contributed by atoms with Crippen LogP contribution in [0.1, 0.15) is 27.5 Å². The number of aromatic nitrogens is 2. The summed E-state index contributed by atoms with van der Waals surface area (Å²) in [4.78, 5) is 47.1. The first-order valence-corrected chi connectivity index (χ1v) is 8.45. The van der Waals surface area contributed by atoms with Crippen LogP contribution in [0.2, 0.25) is 0 Å². The molecule has 0 bridgehead atoms. The van der Waals surface area contributed by atoms with Crippen molar-refractivity contribution in [2.24, 2.45) is 0 Å². The van der Waals surface area contributed by atoms with E-state index in [-0.39, 0.29) is 30.4 Å². The van der Waals surface area contributed by atoms with Crippen molar-refractivity contribution >= 4 is 23.7 Å². The molecule has 2 N–H and O–H groups in total. The Labute approximate surface area is 154 Å². The van der Waals surface area contributed by atoms with Gasteiger partial charge >= 0.3 is 5.97 Å². The molecule has 142 valence electrons. The summed E-state index contributed by atoms with van der Waals surface area (Å²) in [6, 6.07) is 4.24. The van der Waals surface area contributed by atoms with E-state index in [1.807, 2.05) is 4.90 Å². The van der Waals surface area contributed by atoms with Gasteiger partial charge in [-0.15, -0.1) is 0 Å². The molecule has 0 aliphatic carbocycles. The number of nitrogens with one attached hydrogen (secondary N) is 1. The Morgan fingerprint density at radius 3 is 2.37 bits per heavy atom. The van der Waals surface area contributed by atoms with Crippen LogP contribution in [-0.2, 0) is 4.79 Å². The van der Waals surface area contributed by atoms with Crippen LogP contribution in [-0.4, -0.2) is 70.5 Å². The smallest absolute Gasteiger partial charge is 0.371 e. The molecule has 10 nitrogen and oxygen atoms in total. The topological polar surface area (TPSA) is 129 Å². The van der Waals surface area contributed by atoms with Crippen LogP contribution < -0.4 is 10.2 Å². The SMILES string of the molecule is O=C(O)c1ccc(C(=O)NCCC(=O)N2CCN(c3ncccn3)CC2)o1. The number of carbonyl (C=O) groups excluding carboxylic acids is 2. The van der Waals surface area contributed by atoms with E-state index in [0.717, 1.165) is 0 Å². The van der Waals surface area contributed by atoms with Crippen LogP contribution in [0.4, 0.5) is 5.95 Å². The Kier molecular flexibility index (Phi) is 5.64. The maximum absolute atomic E-state index is 12.3. The van der Waals surface area contributed by atoms with Crippen LogP contribution in [0.3, 0.4) is 0 Å². The van der Waals surface area contributed by atoms with Gasteiger partial charge < -0.3 is 24.6 Å². The van der Waals surface area contributed by atoms with Crippen LogP contribution >= 0.6 is 0 Å². The molecule has 0 aromatic carbocycles. The van der Waals surface area contributed by atoms with E-state index in [9.17, 15) is 14.4 Å². The summed E-state index contributed by atoms with van der Waals surface area (Å²) in [5.41, 5.74) is 0. The van der Waals surface area contributed by atoms with Crippen molar-refractivity contribution in [2.45, 2.75) is 6.42 Å². The minimum absolute atomic E-state index is 0.0606. The lowest BCUT2D eigenvalue weighted by Gasteiger charge is -2.34. The van der Waals surface area contributed by atoms with Gasteiger partial charge in [0.1, 0.15) is 0 Å². The number of piperazine rings is 1. The highest BCUT2D eigenvalue weighted by Crippen LogP contribution is 2.11. The highest BCUT2D eigenvalue weighted by molar-refractivity contribution is 5.93. The monoisotopic (exact) mass is 373 g/mol. The van der Waals surface area contributed by atoms with Crippen LogP contribution in [0.5, 0.6) is 0 Å². The van der Waals surface area contributed by atoms with Crippen molar-refractivity contribution in [3.8, 4) is 0 Å². The predicted octanol–water partition coefficient (Wildman–Crippen LogP) is 0.236. The zero-order valence-electron chi connectivity index (χ0n) is 14.5. The predicted molar refractivity (Wildman–Crippen MR) is 93.4 cm³/mol. The lowest BCUT2D eigenvalue weighted by atomic mass is 10.2. The summed E-state index contributed by atoms with van der Waals surface area (Å²) in [7, 11) is 0. The molecule has 1 aliphatic rings. The summed E-state index contributed by atoms with van der Waals surface area (Å²) >= 11 is 0. The zero-order valence-corrected chi connectivity index (χ0v) is 14.5. The van der Waals surface area contributed by atoms with Gasteiger partial charge in [-0.25, -0.2) is 14.8 Å². The number of hydrogen-bond donors (Lipinski definition) is 2. The van der Waals surface area contributed by atoms with Crippen molar-refractivity contribution in [2.75, 3.05) is 37.6 Å². The lowest BCUT2D eigenvalue weighted by molar-refractivity contribution is -0.131. The highest BCUT2D eigenvalue weighted by Gasteiger charge is 2.22. The Bertz CT molecular complexity index is 814. The molecule has 2 aromatic heterocycles. The van der Waals surface area contributed by atoms with Gasteiger partial charge in [-0.05, 0) is 18.2 Å². The van der Waals surface area contributed by atoms with Gasteiger partial charge in [-0.1, -0.05) is 0 Å². The number of amides is 2. The molecule has 0 atom stereocenters. The van der Waals surface area contributed by atoms with E-state index in [2.05, 4.69) is 15.3 Å². The highest BCUT2D eigenvalue weighted by atomic mass is 16.4. The zero-order chi connectivity index (χ0) is 19.2. The molecule has 2 amide bonds. The standard InChI is InChI=1S/C17H19N5O5/c23-14(4-7-18-15(24)12-2-3-13(27-12)16(25)26)21-8-10-22(11-9-21)17-19-5-1-6-20-17/h1-3,5-6H,4,7-11H2,(H,18,24)(H,25,26). The largest absolute Gasteiger partial charge is 0.475 e. The quantitative estimate of drug-likeness (QED) is 0.737. The van der Waals surface area contributed by atoms with E-state index in [4.69, 9.17) is 9.52 Å². The molecular weight excluding hydrogens is 354 g/mol. The van der Waals surface area contributed by atoms with Crippen LogP contribution in [0.15, 0.2) is 35.0 Å². The molecule has 2 aromatic rings. The maximum atomic E-state index is 12.3. The second-order valence-corrected chi connectivity index (χ2v) is 5.89. The van der Waals surface area contributed by atoms with Gasteiger partial charge in [-0.2, -0.15) is 0 Å². The third kappa shape index (κ3) is 4.60. The normalized spacial score (nSPS) is 14.1. The number of carboxylic acids is 1. The van der Waals surface area contributed by atoms with Crippen LogP contribution in [0, 0.1) is 0 Å². The molecule has 3 heterocycles. The Morgan fingerprint density at radius 2 is 1.74 bits per heavy atom. The molecule has 1 aliphatic heterocycles. The van der Waals surface area contributed by atoms with Gasteiger partial charge in [0.2, 0.25) is 17.6 Å². The summed E-state index contributed by atoms with van der Waals surface area (Å²) < 4.78 is 4.91. The molecule has 0 radical (unpaired) electrons. The van der Waals surface area contributed by atoms with Gasteiger partial charge in [0.25, 0.3) is 5.91 Å². The summed E-state index contributed by atoms with van der Waals surface area (Å²) in [6.07, 6.45) is 3.52. The molecule has 0 saturated carbocycles. The van der Waals surface area contributed by atoms with E-state index in [1.165, 1.54) is 12.1 Å². The number of carboxylic acid groups (broad SMARTS) is 1. The molecule has 10 heteroatoms. The fourth-order valence-corrected chi connectivity index (χ4v) is 2.71. The Balaban J connectivity index is 1.41. The number of aromatic carboxylic acids is 1. The average Bonchev–Trinajstić information content (AvgIpc) is 3.19. The summed E-state index contributed by atoms with van der Waals surface area (Å²) in [5.74, 6) is -1.62. The van der Waals surface area contributed by atoms with Gasteiger partial charge in [0.05, 0.1) is 0 Å². The number of furan rings is 1. The van der Waals surface area contributed by atoms with Crippen molar-refractivity contribution in [3.63, 3.8) is 0 Å². The fourth-order valence-electron chi connectivity index (χ4n) is 2.71. The maximum Gasteiger partial charge on any atom is 0.371 e. The Morgan fingerprint density at radius 1 is 1.07 bits per heavy atom. The number of carbonyl (C=O) groups is 3. The van der Waals surface area contributed by atoms with Crippen molar-refractivity contribution < 1.29 is 23.9 Å². The van der Waals surface area contributed by atoms with Crippen molar-refractivity contribution in [1.82, 2.24) is 20.2 Å². The summed E-state index contributed by atoms with van der Waals surface area (Å²) in [6.45, 7) is 2.55. The van der Waals surface area contributed by atoms with E-state index in [0.29, 0.717) is 32.1 Å². The molecular formula is C17H19N5O5. The van der Waals surface area contributed by atoms with Gasteiger partial charge in [0.15, 0.2) is 5.76 Å². The molecule has 3 rings (SSSR count). The van der Waals surface area contributed by atoms with E-state index < -0.39 is 11.9 Å². The van der Waals surface area contributed by atoms with Crippen LogP contribution in [0.25, 0.3) is 0 Å². The first-order valence-electron chi connectivity index (χ1n) is 8.45. The number of rotatable bonds is 6. The molecule has 0 unspecified atom stereocenters. The van der Waals surface area contributed by atoms with E-state index in [1.54, 1.807) is 23.4 Å².